The zero-order valence-electron chi connectivity index (χ0n) is 56.7. The molecular weight excluding hydrogens is 1220 g/mol. The summed E-state index contributed by atoms with van der Waals surface area (Å²) in [6.45, 7) is 33.0. The largest absolute Gasteiger partial charge is 0.444 e. The molecule has 0 saturated heterocycles. The minimum absolute atomic E-state index is 0.0798. The number of amides is 2. The number of anilines is 3. The van der Waals surface area contributed by atoms with Crippen LogP contribution in [0.5, 0.6) is 0 Å². The molecule has 0 bridgehead atoms. The zero-order chi connectivity index (χ0) is 68.3. The van der Waals surface area contributed by atoms with Gasteiger partial charge >= 0.3 is 12.2 Å². The van der Waals surface area contributed by atoms with E-state index in [-0.39, 0.29) is 70.8 Å². The number of fused-ring (bicyclic) bond motifs is 2. The van der Waals surface area contributed by atoms with E-state index in [1.54, 1.807) is 68.7 Å². The Kier molecular flexibility index (Phi) is 23.5. The number of carbonyl (C=O) groups is 4. The molecule has 2 aromatic carbocycles. The van der Waals surface area contributed by atoms with Gasteiger partial charge in [0.25, 0.3) is 0 Å². The third-order valence-corrected chi connectivity index (χ3v) is 15.1. The lowest BCUT2D eigenvalue weighted by molar-refractivity contribution is 0.0224. The molecule has 2 amide bonds. The highest BCUT2D eigenvalue weighted by Gasteiger charge is 2.33. The van der Waals surface area contributed by atoms with E-state index >= 15 is 0 Å². The van der Waals surface area contributed by atoms with E-state index < -0.39 is 11.2 Å². The molecule has 0 aliphatic carbocycles. The number of thiol groups is 1. The Bertz CT molecular complexity index is 3850. The predicted molar refractivity (Wildman–Crippen MR) is 364 cm³/mol. The fourth-order valence-electron chi connectivity index (χ4n) is 10.1. The number of hydrogen-bond donors (Lipinski definition) is 3. The summed E-state index contributed by atoms with van der Waals surface area (Å²) < 4.78 is 18.5. The summed E-state index contributed by atoms with van der Waals surface area (Å²) in [5.74, 6) is 0.0759. The molecule has 2 atom stereocenters. The first-order chi connectivity index (χ1) is 43.7. The number of benzene rings is 2. The highest BCUT2D eigenvalue weighted by atomic mass is 35.5. The molecule has 3 N–H and O–H groups in total. The summed E-state index contributed by atoms with van der Waals surface area (Å²) in [5, 5.41) is 28.4. The first-order valence-corrected chi connectivity index (χ1v) is 32.4. The van der Waals surface area contributed by atoms with Crippen LogP contribution in [0.25, 0.3) is 22.5 Å². The van der Waals surface area contributed by atoms with Gasteiger partial charge in [0, 0.05) is 87.0 Å². The van der Waals surface area contributed by atoms with Crippen molar-refractivity contribution in [2.24, 2.45) is 0 Å². The van der Waals surface area contributed by atoms with Gasteiger partial charge in [-0.05, 0) is 200 Å². The van der Waals surface area contributed by atoms with Crippen molar-refractivity contribution < 1.29 is 28.7 Å². The Labute approximate surface area is 556 Å². The van der Waals surface area contributed by atoms with Crippen LogP contribution in [0.4, 0.5) is 26.9 Å². The standard InChI is InChI=1S/C33H43N9O3.C27H33ClN6O3.C6H11N3.CH4S/c1-21(2)41-19-25(17-35-41)36-30-34-13-11-27(37-30)23-9-10-26-22(16-29(43)28-20-42(39-38-28)32(3,4)5)12-14-40(18-24(26)15-23)31(44)45-33(6,7)8;1-26(2,3)34-16-22(31-32-34)23(35)14-17-10-12-33(25(36)37-27(4,5)6)15-19-13-18(7-8-20(17)19)21-9-11-29-24(28)30-21;1-5(2)9-4-6(7)3-8-9;1-2/h9-11,13,15,17,19-22H,12,14,16,18H2,1-8H3,(H,34,36,37);7-9,11,13,16-17H,10,12,14-15H2,1-6H3;3-5H,7H2,1-2H3;2H,1H3/t22-;17-;;/m00../s1. The van der Waals surface area contributed by atoms with Crippen molar-refractivity contribution >= 4 is 65.3 Å². The number of Topliss-reactive ketones (excluding diaryl/α,β-unsaturated/α-hetero) is 2. The van der Waals surface area contributed by atoms with E-state index in [0.29, 0.717) is 68.1 Å². The first kappa shape index (κ1) is 71.9. The van der Waals surface area contributed by atoms with Crippen molar-refractivity contribution in [2.75, 3.05) is 30.4 Å². The minimum Gasteiger partial charge on any atom is -0.444 e. The lowest BCUT2D eigenvalue weighted by Crippen LogP contribution is -2.36. The molecule has 2 aliphatic heterocycles. The summed E-state index contributed by atoms with van der Waals surface area (Å²) >= 11 is 9.54. The van der Waals surface area contributed by atoms with Crippen LogP contribution in [-0.4, -0.2) is 134 Å². The SMILES string of the molecule is CC(C)(C)OC(=O)N1CC[C@@H](CC(=O)c2cn(C(C)(C)C)nn2)c2ccc(-c3ccnc(Cl)n3)cc2C1.CC(C)n1cc(N)cn1.CC(C)n1cc(Nc2nccc(-c3ccc4c(c3)CN(C(=O)OC(C)(C)C)CC[C@H]4CC(=O)c3cn(C(C)(C)C)nn3)n2)cn1.CS. The van der Waals surface area contributed by atoms with Crippen molar-refractivity contribution in [3.8, 4) is 22.5 Å². The number of ketones is 2. The molecular formula is C67H91ClN18O6S. The maximum absolute atomic E-state index is 13.4. The molecule has 8 aromatic rings. The Morgan fingerprint density at radius 2 is 1.05 bits per heavy atom. The van der Waals surface area contributed by atoms with Crippen molar-refractivity contribution in [3.05, 3.63) is 137 Å². The third kappa shape index (κ3) is 20.2. The molecule has 10 rings (SSSR count). The maximum atomic E-state index is 13.4. The second kappa shape index (κ2) is 30.4. The summed E-state index contributed by atoms with van der Waals surface area (Å²) in [6.07, 6.45) is 16.5. The van der Waals surface area contributed by atoms with E-state index in [2.05, 4.69) is 97.5 Å². The van der Waals surface area contributed by atoms with Crippen molar-refractivity contribution in [3.63, 3.8) is 0 Å². The fourth-order valence-corrected chi connectivity index (χ4v) is 10.3. The van der Waals surface area contributed by atoms with Gasteiger partial charge in [-0.1, -0.05) is 34.7 Å². The maximum Gasteiger partial charge on any atom is 0.410 e. The van der Waals surface area contributed by atoms with Crippen molar-refractivity contribution in [2.45, 2.75) is 196 Å². The molecule has 0 fully saturated rings. The number of nitrogens with zero attached hydrogens (tertiary/aromatic N) is 16. The van der Waals surface area contributed by atoms with E-state index in [4.69, 9.17) is 31.8 Å². The molecule has 2 aliphatic rings. The number of nitrogens with two attached hydrogens (primary N) is 1. The van der Waals surface area contributed by atoms with Crippen LogP contribution in [0.3, 0.4) is 0 Å². The predicted octanol–water partition coefficient (Wildman–Crippen LogP) is 13.7. The Morgan fingerprint density at radius 3 is 1.44 bits per heavy atom. The zero-order valence-corrected chi connectivity index (χ0v) is 58.4. The van der Waals surface area contributed by atoms with Gasteiger partial charge in [0.2, 0.25) is 11.2 Å². The lowest BCUT2D eigenvalue weighted by Gasteiger charge is -2.26. The summed E-state index contributed by atoms with van der Waals surface area (Å²) in [7, 11) is 0. The number of halogens is 1. The van der Waals surface area contributed by atoms with Crippen LogP contribution in [-0.2, 0) is 33.6 Å². The number of ether oxygens (including phenoxy) is 2. The summed E-state index contributed by atoms with van der Waals surface area (Å²) in [6, 6.07) is 16.4. The third-order valence-electron chi connectivity index (χ3n) is 14.9. The molecule has 0 unspecified atom stereocenters. The molecule has 8 heterocycles. The number of aromatic nitrogens is 14. The molecule has 0 spiro atoms. The van der Waals surface area contributed by atoms with Gasteiger partial charge in [-0.25, -0.2) is 38.9 Å². The number of nitrogen functional groups attached to an aromatic ring is 1. The van der Waals surface area contributed by atoms with Gasteiger partial charge in [0.05, 0.1) is 58.6 Å². The number of rotatable bonds is 12. The molecule has 0 radical (unpaired) electrons. The molecule has 0 saturated carbocycles. The highest BCUT2D eigenvalue weighted by Crippen LogP contribution is 2.38. The van der Waals surface area contributed by atoms with Gasteiger partial charge in [0.15, 0.2) is 11.6 Å². The second-order valence-electron chi connectivity index (χ2n) is 27.5. The monoisotopic (exact) mass is 1310 g/mol. The average molecular weight is 1310 g/mol. The highest BCUT2D eigenvalue weighted by molar-refractivity contribution is 7.79. The van der Waals surface area contributed by atoms with Crippen LogP contribution in [0.15, 0.2) is 98.1 Å². The van der Waals surface area contributed by atoms with Gasteiger partial charge in [0.1, 0.15) is 22.6 Å². The molecule has 6 aromatic heterocycles. The van der Waals surface area contributed by atoms with Gasteiger partial charge < -0.3 is 30.3 Å². The van der Waals surface area contributed by atoms with Crippen LogP contribution < -0.4 is 11.1 Å². The van der Waals surface area contributed by atoms with Gasteiger partial charge in [-0.2, -0.15) is 22.8 Å². The van der Waals surface area contributed by atoms with Crippen LogP contribution in [0.1, 0.15) is 204 Å². The first-order valence-electron chi connectivity index (χ1n) is 31.2. The normalized spacial score (nSPS) is 15.0. The van der Waals surface area contributed by atoms with E-state index in [9.17, 15) is 19.2 Å². The van der Waals surface area contributed by atoms with E-state index in [0.717, 1.165) is 50.4 Å². The topological polar surface area (TPSA) is 280 Å². The Morgan fingerprint density at radius 1 is 0.613 bits per heavy atom. The van der Waals surface area contributed by atoms with Crippen molar-refractivity contribution in [1.29, 1.82) is 0 Å². The van der Waals surface area contributed by atoms with Gasteiger partial charge in [-0.15, -0.1) is 10.2 Å². The smallest absolute Gasteiger partial charge is 0.410 e. The van der Waals surface area contributed by atoms with Crippen LogP contribution in [0.2, 0.25) is 5.28 Å². The molecule has 26 heteroatoms. The van der Waals surface area contributed by atoms with Crippen LogP contribution in [0, 0.1) is 0 Å². The quantitative estimate of drug-likeness (QED) is 0.0582. The number of carbonyl (C=O) groups excluding carboxylic acids is 4. The van der Waals surface area contributed by atoms with Crippen LogP contribution >= 0.6 is 24.2 Å². The second-order valence-corrected chi connectivity index (χ2v) is 27.9. The Hall–Kier alpha value is -8.58. The summed E-state index contributed by atoms with van der Waals surface area (Å²) in [4.78, 5) is 73.8. The molecule has 93 heavy (non-hydrogen) atoms. The summed E-state index contributed by atoms with van der Waals surface area (Å²) in [5.41, 5.74) is 12.9. The fraction of sp³-hybridized carbons (Fsp3) is 0.493. The Balaban J connectivity index is 0.000000229. The van der Waals surface area contributed by atoms with E-state index in [1.807, 2.05) is 141 Å². The van der Waals surface area contributed by atoms with Crippen molar-refractivity contribution in [1.82, 2.24) is 79.3 Å². The minimum atomic E-state index is -0.627. The number of nitrogens with one attached hydrogen (secondary N) is 1. The molecule has 24 nitrogen and oxygen atoms in total. The lowest BCUT2D eigenvalue weighted by atomic mass is 9.87. The van der Waals surface area contributed by atoms with E-state index in [1.165, 1.54) is 0 Å². The van der Waals surface area contributed by atoms with Gasteiger partial charge in [-0.3, -0.25) is 19.0 Å². The molecule has 498 valence electrons. The average Bonchev–Trinajstić information content (AvgIpc) is 1.79. The number of hydrogen-bond acceptors (Lipinski definition) is 19.